The zero-order valence-electron chi connectivity index (χ0n) is 22.1. The summed E-state index contributed by atoms with van der Waals surface area (Å²) in [6.45, 7) is -9.92. The molecule has 4 aromatic rings. The fourth-order valence-electron chi connectivity index (χ4n) is 5.36. The first-order chi connectivity index (χ1) is 20.9. The topological polar surface area (TPSA) is 206 Å². The summed E-state index contributed by atoms with van der Waals surface area (Å²) in [5.74, 6) is 0. The summed E-state index contributed by atoms with van der Waals surface area (Å²) in [6.07, 6.45) is -4.90. The highest BCUT2D eigenvalue weighted by molar-refractivity contribution is 8.44. The minimum Gasteiger partial charge on any atom is -0.397 e. The van der Waals surface area contributed by atoms with Gasteiger partial charge in [0, 0.05) is 30.9 Å². The highest BCUT2D eigenvalue weighted by Crippen LogP contribution is 2.60. The van der Waals surface area contributed by atoms with E-state index in [1.807, 2.05) is 0 Å². The van der Waals surface area contributed by atoms with Gasteiger partial charge in [0.1, 0.15) is 36.0 Å². The monoisotopic (exact) mass is 691 g/mol. The van der Waals surface area contributed by atoms with Crippen molar-refractivity contribution in [1.82, 2.24) is 28.7 Å². The smallest absolute Gasteiger partial charge is 0.386 e. The van der Waals surface area contributed by atoms with E-state index in [9.17, 15) is 19.0 Å². The molecule has 0 spiro atoms. The molecule has 7 rings (SSSR count). The van der Waals surface area contributed by atoms with Gasteiger partial charge >= 0.3 is 13.6 Å². The molecular weight excluding hydrogens is 667 g/mol. The molecule has 3 saturated heterocycles. The van der Waals surface area contributed by atoms with Crippen LogP contribution in [0, 0.1) is 0 Å². The summed E-state index contributed by atoms with van der Waals surface area (Å²) in [7, 11) is 0. The highest BCUT2D eigenvalue weighted by Gasteiger charge is 2.53. The van der Waals surface area contributed by atoms with Gasteiger partial charge in [-0.05, 0) is 6.07 Å². The summed E-state index contributed by atoms with van der Waals surface area (Å²) in [6, 6.07) is 2.75. The van der Waals surface area contributed by atoms with Crippen LogP contribution in [0.25, 0.3) is 16.8 Å². The zero-order chi connectivity index (χ0) is 31.0. The van der Waals surface area contributed by atoms with Gasteiger partial charge in [-0.25, -0.2) is 33.0 Å². The van der Waals surface area contributed by atoms with E-state index in [-0.39, 0.29) is 16.7 Å². The summed E-state index contributed by atoms with van der Waals surface area (Å²) in [5, 5.41) is 11.1. The first-order valence-electron chi connectivity index (χ1n) is 13.0. The van der Waals surface area contributed by atoms with Crippen LogP contribution in [0.15, 0.2) is 48.0 Å². The lowest BCUT2D eigenvalue weighted by Gasteiger charge is -2.27. The summed E-state index contributed by atoms with van der Waals surface area (Å²) < 4.78 is 80.8. The van der Waals surface area contributed by atoms with E-state index in [1.165, 1.54) is 57.0 Å². The molecule has 3 aliphatic heterocycles. The van der Waals surface area contributed by atoms with Gasteiger partial charge in [-0.1, -0.05) is 24.5 Å². The third-order valence-electron chi connectivity index (χ3n) is 7.39. The van der Waals surface area contributed by atoms with E-state index >= 15 is 4.39 Å². The maximum Gasteiger partial charge on any atom is 0.386 e. The SMILES string of the molecule is Nc1ccnc2c1ncn2[C@@H]1O[C@@H]2CO[P@@](=O)(S)O[C@@H]3[C@H](O)[C@@H](CO[P@@](=O)(S)O[C@H]2[C@@H]1F)O[C@H]3n1ccc(=O)c2nccn21. The molecule has 7 heterocycles. The molecule has 236 valence electrons. The quantitative estimate of drug-likeness (QED) is 0.175. The Kier molecular flexibility index (Phi) is 7.69. The number of aliphatic hydroxyl groups excluding tert-OH is 1. The summed E-state index contributed by atoms with van der Waals surface area (Å²) >= 11 is 8.09. The average Bonchev–Trinajstić information content (AvgIpc) is 3.75. The fourth-order valence-corrected chi connectivity index (χ4v) is 8.30. The van der Waals surface area contributed by atoms with E-state index in [2.05, 4.69) is 39.4 Å². The molecule has 0 unspecified atom stereocenters. The molecule has 2 bridgehead atoms. The van der Waals surface area contributed by atoms with E-state index in [4.69, 9.17) is 33.3 Å². The first kappa shape index (κ1) is 30.3. The maximum atomic E-state index is 16.0. The number of hydrogen-bond donors (Lipinski definition) is 4. The second-order valence-electron chi connectivity index (χ2n) is 10.1. The Hall–Kier alpha value is -2.35. The molecule has 0 aliphatic carbocycles. The van der Waals surface area contributed by atoms with Crippen LogP contribution in [-0.2, 0) is 36.7 Å². The van der Waals surface area contributed by atoms with Gasteiger partial charge < -0.3 is 20.3 Å². The third-order valence-corrected chi connectivity index (χ3v) is 10.6. The Morgan fingerprint density at radius 1 is 0.932 bits per heavy atom. The second-order valence-corrected chi connectivity index (χ2v) is 15.9. The number of anilines is 1. The zero-order valence-corrected chi connectivity index (χ0v) is 25.7. The molecule has 0 radical (unpaired) electrons. The first-order valence-corrected chi connectivity index (χ1v) is 18.4. The number of nitrogens with zero attached hydrogens (tertiary/aromatic N) is 6. The lowest BCUT2D eigenvalue weighted by atomic mass is 10.1. The number of rotatable bonds is 2. The molecule has 3 fully saturated rings. The number of nitrogens with two attached hydrogens (primary N) is 1. The van der Waals surface area contributed by atoms with Crippen LogP contribution in [0.1, 0.15) is 12.5 Å². The van der Waals surface area contributed by atoms with Gasteiger partial charge in [0.2, 0.25) is 5.43 Å². The number of halogens is 1. The van der Waals surface area contributed by atoms with Crippen LogP contribution in [0.2, 0.25) is 0 Å². The van der Waals surface area contributed by atoms with Crippen molar-refractivity contribution in [1.29, 1.82) is 0 Å². The third kappa shape index (κ3) is 5.31. The van der Waals surface area contributed by atoms with E-state index in [0.717, 1.165) is 0 Å². The standard InChI is InChI=1S/C22H24FN7O10P2S2/c23-14-17-13(38-21(14)28-9-27-15-10(24)1-3-25-20(15)28)8-36-42(34,44)40-18-16(32)12(7-35-41(33,43)39-17)37-22(18)30-5-2-11(31)19-26-4-6-29(19)30/h1-6,9,12-14,16-18,21-22,32H,7-8H2,(H2,24,25)(H,33,43)(H,34,44)/t12-,13-,14+,16-,17-,18-,21-,22-,41-,42-/m1/s1. The number of imidazole rings is 2. The molecule has 4 aromatic heterocycles. The lowest BCUT2D eigenvalue weighted by molar-refractivity contribution is -0.0636. The number of pyridine rings is 1. The van der Waals surface area contributed by atoms with Crippen molar-refractivity contribution in [3.8, 4) is 0 Å². The van der Waals surface area contributed by atoms with Gasteiger partial charge in [0.15, 0.2) is 29.9 Å². The lowest BCUT2D eigenvalue weighted by Crippen LogP contribution is -2.36. The molecule has 3 aliphatic rings. The molecule has 0 saturated carbocycles. The van der Waals surface area contributed by atoms with Gasteiger partial charge in [-0.3, -0.25) is 32.1 Å². The average molecular weight is 692 g/mol. The minimum atomic E-state index is -4.36. The van der Waals surface area contributed by atoms with E-state index in [1.54, 1.807) is 0 Å². The number of ether oxygens (including phenoxy) is 2. The maximum absolute atomic E-state index is 16.0. The molecule has 44 heavy (non-hydrogen) atoms. The van der Waals surface area contributed by atoms with Crippen LogP contribution in [0.3, 0.4) is 0 Å². The van der Waals surface area contributed by atoms with E-state index < -0.39 is 76.0 Å². The van der Waals surface area contributed by atoms with Gasteiger partial charge in [0.25, 0.3) is 0 Å². The Morgan fingerprint density at radius 3 is 2.39 bits per heavy atom. The number of fused-ring (bicyclic) bond motifs is 5. The second kappa shape index (κ2) is 11.2. The number of hydrogen-bond acceptors (Lipinski definition) is 14. The highest BCUT2D eigenvalue weighted by atomic mass is 32.7. The predicted molar refractivity (Wildman–Crippen MR) is 155 cm³/mol. The normalized spacial score (nSPS) is 38.3. The molecule has 10 atom stereocenters. The summed E-state index contributed by atoms with van der Waals surface area (Å²) in [4.78, 5) is 24.6. The molecule has 3 N–H and O–H groups in total. The molecule has 0 aromatic carbocycles. The number of alkyl halides is 1. The Morgan fingerprint density at radius 2 is 1.61 bits per heavy atom. The largest absolute Gasteiger partial charge is 0.397 e. The number of thiol groups is 2. The predicted octanol–water partition coefficient (Wildman–Crippen LogP) is 1.91. The number of aliphatic hydroxyl groups is 1. The number of nitrogen functional groups attached to an aromatic ring is 1. The molecule has 22 heteroatoms. The Bertz CT molecular complexity index is 1890. The van der Waals surface area contributed by atoms with E-state index in [0.29, 0.717) is 11.2 Å². The molecule has 0 amide bonds. The Labute approximate surface area is 256 Å². The van der Waals surface area contributed by atoms with Crippen LogP contribution in [0.4, 0.5) is 10.1 Å². The Balaban J connectivity index is 1.21. The number of aromatic nitrogens is 6. The van der Waals surface area contributed by atoms with Crippen LogP contribution in [0.5, 0.6) is 0 Å². The summed E-state index contributed by atoms with van der Waals surface area (Å²) in [5.41, 5.74) is 6.43. The van der Waals surface area contributed by atoms with Crippen LogP contribution in [-0.4, -0.2) is 83.7 Å². The minimum absolute atomic E-state index is 0.0420. The molecule has 17 nitrogen and oxygen atoms in total. The molecular formula is C22H24FN7O10P2S2. The van der Waals surface area contributed by atoms with Gasteiger partial charge in [0.05, 0.1) is 25.2 Å². The van der Waals surface area contributed by atoms with Gasteiger partial charge in [-0.15, -0.1) is 0 Å². The van der Waals surface area contributed by atoms with Crippen molar-refractivity contribution in [3.05, 3.63) is 53.5 Å². The van der Waals surface area contributed by atoms with Crippen molar-refractivity contribution in [2.75, 3.05) is 18.9 Å². The van der Waals surface area contributed by atoms with Gasteiger partial charge in [-0.2, -0.15) is 0 Å². The fraction of sp³-hybridized carbons (Fsp3) is 0.455. The van der Waals surface area contributed by atoms with Crippen molar-refractivity contribution in [2.45, 2.75) is 49.1 Å². The van der Waals surface area contributed by atoms with Crippen molar-refractivity contribution < 1.29 is 46.2 Å². The van der Waals surface area contributed by atoms with Crippen molar-refractivity contribution in [2.24, 2.45) is 0 Å². The van der Waals surface area contributed by atoms with Crippen LogP contribution < -0.4 is 11.2 Å². The van der Waals surface area contributed by atoms with Crippen molar-refractivity contribution in [3.63, 3.8) is 0 Å². The van der Waals surface area contributed by atoms with Crippen molar-refractivity contribution >= 4 is 60.6 Å². The van der Waals surface area contributed by atoms with Crippen LogP contribution >= 0.6 is 38.1 Å².